The highest BCUT2D eigenvalue weighted by Crippen LogP contribution is 2.31. The van der Waals surface area contributed by atoms with E-state index in [1.165, 1.54) is 0 Å². The van der Waals surface area contributed by atoms with E-state index in [0.717, 1.165) is 55.7 Å². The third-order valence-corrected chi connectivity index (χ3v) is 5.92. The van der Waals surface area contributed by atoms with Crippen molar-refractivity contribution < 1.29 is 4.79 Å². The summed E-state index contributed by atoms with van der Waals surface area (Å²) in [6, 6.07) is 5.54. The predicted octanol–water partition coefficient (Wildman–Crippen LogP) is 3.40. The van der Waals surface area contributed by atoms with Gasteiger partial charge < -0.3 is 10.6 Å². The Balaban J connectivity index is 1.66. The number of aromatic nitrogens is 2. The van der Waals surface area contributed by atoms with Crippen LogP contribution in [0.25, 0.3) is 5.69 Å². The number of hydrogen-bond donors (Lipinski definition) is 2. The zero-order chi connectivity index (χ0) is 18.3. The van der Waals surface area contributed by atoms with Crippen LogP contribution in [0.4, 0.5) is 0 Å². The van der Waals surface area contributed by atoms with Crippen LogP contribution in [0.2, 0.25) is 10.0 Å². The van der Waals surface area contributed by atoms with Gasteiger partial charge in [-0.2, -0.15) is 5.10 Å². The van der Waals surface area contributed by atoms with Gasteiger partial charge in [-0.1, -0.05) is 30.1 Å². The molecule has 1 aliphatic carbocycles. The third-order valence-electron chi connectivity index (χ3n) is 5.39. The maximum Gasteiger partial charge on any atom is 0.272 e. The molecule has 0 radical (unpaired) electrons. The zero-order valence-corrected chi connectivity index (χ0v) is 16.2. The molecule has 2 aliphatic rings. The molecule has 4 rings (SSSR count). The zero-order valence-electron chi connectivity index (χ0n) is 14.7. The molecular weight excluding hydrogens is 371 g/mol. The SMILES string of the molecule is CC1CNCCC1NC(=O)c1nn(-c2ccc(Cl)cc2Cl)c2c1CCC2. The standard InChI is InChI=1S/C19H22Cl2N4O/c1-11-10-22-8-7-15(11)23-19(26)18-13-3-2-4-16(13)25(24-18)17-6-5-12(20)9-14(17)21/h5-6,9,11,15,22H,2-4,7-8,10H2,1H3,(H,23,26). The van der Waals surface area contributed by atoms with Crippen molar-refractivity contribution in [3.63, 3.8) is 0 Å². The van der Waals surface area contributed by atoms with Gasteiger partial charge in [0.1, 0.15) is 0 Å². The molecule has 1 aromatic carbocycles. The number of hydrogen-bond acceptors (Lipinski definition) is 3. The quantitative estimate of drug-likeness (QED) is 0.841. The van der Waals surface area contributed by atoms with Gasteiger partial charge in [0.2, 0.25) is 0 Å². The van der Waals surface area contributed by atoms with Gasteiger partial charge in [0.25, 0.3) is 5.91 Å². The highest BCUT2D eigenvalue weighted by atomic mass is 35.5. The molecule has 2 aromatic rings. The predicted molar refractivity (Wildman–Crippen MR) is 104 cm³/mol. The number of carbonyl (C=O) groups excluding carboxylic acids is 1. The van der Waals surface area contributed by atoms with Crippen molar-refractivity contribution in [2.45, 2.75) is 38.6 Å². The van der Waals surface area contributed by atoms with Crippen molar-refractivity contribution in [2.75, 3.05) is 13.1 Å². The fourth-order valence-electron chi connectivity index (χ4n) is 3.94. The number of piperidine rings is 1. The van der Waals surface area contributed by atoms with E-state index in [1.54, 1.807) is 12.1 Å². The topological polar surface area (TPSA) is 58.9 Å². The van der Waals surface area contributed by atoms with Crippen LogP contribution in [0.1, 0.15) is 41.5 Å². The van der Waals surface area contributed by atoms with Crippen molar-refractivity contribution >= 4 is 29.1 Å². The van der Waals surface area contributed by atoms with Crippen LogP contribution in [0.15, 0.2) is 18.2 Å². The highest BCUT2D eigenvalue weighted by Gasteiger charge is 2.30. The molecule has 0 bridgehead atoms. The summed E-state index contributed by atoms with van der Waals surface area (Å²) in [6.07, 6.45) is 3.75. The van der Waals surface area contributed by atoms with Crippen LogP contribution in [-0.2, 0) is 12.8 Å². The normalized spacial score (nSPS) is 22.3. The molecule has 2 unspecified atom stereocenters. The number of amides is 1. The Bertz CT molecular complexity index is 848. The summed E-state index contributed by atoms with van der Waals surface area (Å²) in [6.45, 7) is 4.02. The van der Waals surface area contributed by atoms with Gasteiger partial charge in [-0.25, -0.2) is 4.68 Å². The van der Waals surface area contributed by atoms with Crippen molar-refractivity contribution in [3.05, 3.63) is 45.2 Å². The van der Waals surface area contributed by atoms with Gasteiger partial charge in [0, 0.05) is 22.3 Å². The largest absolute Gasteiger partial charge is 0.348 e. The second kappa shape index (κ2) is 7.22. The lowest BCUT2D eigenvalue weighted by molar-refractivity contribution is 0.0907. The van der Waals surface area contributed by atoms with Crippen molar-refractivity contribution in [1.82, 2.24) is 20.4 Å². The van der Waals surface area contributed by atoms with Crippen LogP contribution in [-0.4, -0.2) is 34.8 Å². The summed E-state index contributed by atoms with van der Waals surface area (Å²) in [5.41, 5.74) is 3.44. The maximum atomic E-state index is 12.9. The minimum atomic E-state index is -0.0780. The summed E-state index contributed by atoms with van der Waals surface area (Å²) >= 11 is 12.4. The Morgan fingerprint density at radius 2 is 2.19 bits per heavy atom. The Hall–Kier alpha value is -1.56. The number of carbonyl (C=O) groups is 1. The molecular formula is C19H22Cl2N4O. The van der Waals surface area contributed by atoms with Gasteiger partial charge in [0.05, 0.1) is 10.7 Å². The Morgan fingerprint density at radius 3 is 2.96 bits per heavy atom. The molecule has 26 heavy (non-hydrogen) atoms. The third kappa shape index (κ3) is 3.24. The van der Waals surface area contributed by atoms with Gasteiger partial charge in [-0.3, -0.25) is 4.79 Å². The molecule has 0 spiro atoms. The Labute approximate surface area is 163 Å². The highest BCUT2D eigenvalue weighted by molar-refractivity contribution is 6.35. The fraction of sp³-hybridized carbons (Fsp3) is 0.474. The summed E-state index contributed by atoms with van der Waals surface area (Å²) in [5, 5.41) is 12.3. The smallest absolute Gasteiger partial charge is 0.272 e. The number of fused-ring (bicyclic) bond motifs is 1. The lowest BCUT2D eigenvalue weighted by Gasteiger charge is -2.30. The lowest BCUT2D eigenvalue weighted by Crippen LogP contribution is -2.48. The van der Waals surface area contributed by atoms with Gasteiger partial charge in [-0.05, 0) is 62.9 Å². The number of rotatable bonds is 3. The Kier molecular flexibility index (Phi) is 4.95. The van der Waals surface area contributed by atoms with E-state index >= 15 is 0 Å². The molecule has 1 amide bonds. The monoisotopic (exact) mass is 392 g/mol. The fourth-order valence-corrected chi connectivity index (χ4v) is 4.43. The lowest BCUT2D eigenvalue weighted by atomic mass is 9.95. The van der Waals surface area contributed by atoms with Gasteiger partial charge in [0.15, 0.2) is 5.69 Å². The summed E-state index contributed by atoms with van der Waals surface area (Å²) in [7, 11) is 0. The molecule has 5 nitrogen and oxygen atoms in total. The van der Waals surface area contributed by atoms with Crippen LogP contribution < -0.4 is 10.6 Å². The first-order chi connectivity index (χ1) is 12.5. The first-order valence-corrected chi connectivity index (χ1v) is 9.88. The maximum absolute atomic E-state index is 12.9. The number of halogens is 2. The van der Waals surface area contributed by atoms with E-state index in [1.807, 2.05) is 10.7 Å². The minimum Gasteiger partial charge on any atom is -0.348 e. The average molecular weight is 393 g/mol. The van der Waals surface area contributed by atoms with E-state index in [0.29, 0.717) is 21.7 Å². The molecule has 2 heterocycles. The van der Waals surface area contributed by atoms with E-state index in [4.69, 9.17) is 23.2 Å². The number of nitrogens with zero attached hydrogens (tertiary/aromatic N) is 2. The Morgan fingerprint density at radius 1 is 1.35 bits per heavy atom. The molecule has 1 fully saturated rings. The van der Waals surface area contributed by atoms with Crippen LogP contribution in [0.5, 0.6) is 0 Å². The second-order valence-corrected chi connectivity index (χ2v) is 8.03. The van der Waals surface area contributed by atoms with Crippen LogP contribution >= 0.6 is 23.2 Å². The van der Waals surface area contributed by atoms with E-state index < -0.39 is 0 Å². The van der Waals surface area contributed by atoms with Crippen molar-refractivity contribution in [1.29, 1.82) is 0 Å². The molecule has 2 N–H and O–H groups in total. The second-order valence-electron chi connectivity index (χ2n) is 7.18. The van der Waals surface area contributed by atoms with E-state index in [-0.39, 0.29) is 11.9 Å². The summed E-state index contributed by atoms with van der Waals surface area (Å²) in [5.74, 6) is 0.333. The van der Waals surface area contributed by atoms with Crippen molar-refractivity contribution in [2.24, 2.45) is 5.92 Å². The first kappa shape index (κ1) is 17.8. The summed E-state index contributed by atoms with van der Waals surface area (Å²) in [4.78, 5) is 12.9. The molecule has 7 heteroatoms. The summed E-state index contributed by atoms with van der Waals surface area (Å²) < 4.78 is 1.82. The van der Waals surface area contributed by atoms with E-state index in [9.17, 15) is 4.79 Å². The van der Waals surface area contributed by atoms with Crippen LogP contribution in [0.3, 0.4) is 0 Å². The van der Waals surface area contributed by atoms with E-state index in [2.05, 4.69) is 22.7 Å². The van der Waals surface area contributed by atoms with Gasteiger partial charge >= 0.3 is 0 Å². The van der Waals surface area contributed by atoms with Crippen LogP contribution in [0, 0.1) is 5.92 Å². The van der Waals surface area contributed by atoms with Gasteiger partial charge in [-0.15, -0.1) is 0 Å². The molecule has 1 aliphatic heterocycles. The van der Waals surface area contributed by atoms with Crippen molar-refractivity contribution in [3.8, 4) is 5.69 Å². The molecule has 2 atom stereocenters. The first-order valence-electron chi connectivity index (χ1n) is 9.12. The molecule has 1 aromatic heterocycles. The molecule has 138 valence electrons. The molecule has 0 saturated carbocycles. The number of nitrogens with one attached hydrogen (secondary N) is 2. The molecule has 1 saturated heterocycles. The number of benzene rings is 1. The average Bonchev–Trinajstić information content (AvgIpc) is 3.20. The minimum absolute atomic E-state index is 0.0780.